The molecule has 0 amide bonds. The highest BCUT2D eigenvalue weighted by Gasteiger charge is 2.33. The number of aliphatic hydroxyl groups excluding tert-OH is 1. The summed E-state index contributed by atoms with van der Waals surface area (Å²) in [5.74, 6) is 0.176. The van der Waals surface area contributed by atoms with Crippen LogP contribution in [0.25, 0.3) is 0 Å². The number of carbonyl (C=O) groups is 1. The van der Waals surface area contributed by atoms with Gasteiger partial charge < -0.3 is 9.84 Å². The third kappa shape index (κ3) is 5.33. The van der Waals surface area contributed by atoms with Crippen molar-refractivity contribution >= 4 is 5.97 Å². The first-order chi connectivity index (χ1) is 8.85. The maximum atomic E-state index is 11.9. The van der Waals surface area contributed by atoms with Crippen LogP contribution in [0.1, 0.15) is 40.0 Å². The summed E-state index contributed by atoms with van der Waals surface area (Å²) >= 11 is 0. The van der Waals surface area contributed by atoms with Crippen molar-refractivity contribution in [1.29, 1.82) is 0 Å². The van der Waals surface area contributed by atoms with Gasteiger partial charge in [0.15, 0.2) is 0 Å². The summed E-state index contributed by atoms with van der Waals surface area (Å²) in [6.45, 7) is 6.91. The molecule has 4 heteroatoms. The predicted octanol–water partition coefficient (Wildman–Crippen LogP) is 1.98. The Morgan fingerprint density at radius 2 is 2.26 bits per heavy atom. The Morgan fingerprint density at radius 1 is 1.58 bits per heavy atom. The maximum Gasteiger partial charge on any atom is 0.320 e. The Kier molecular flexibility index (Phi) is 6.01. The van der Waals surface area contributed by atoms with Crippen LogP contribution < -0.4 is 0 Å². The van der Waals surface area contributed by atoms with E-state index >= 15 is 0 Å². The van der Waals surface area contributed by atoms with E-state index in [1.54, 1.807) is 11.9 Å². The molecule has 0 saturated heterocycles. The smallest absolute Gasteiger partial charge is 0.320 e. The lowest BCUT2D eigenvalue weighted by atomic mass is 9.79. The highest BCUT2D eigenvalue weighted by Crippen LogP contribution is 2.34. The average Bonchev–Trinajstić information content (AvgIpc) is 2.28. The van der Waals surface area contributed by atoms with Gasteiger partial charge in [-0.3, -0.25) is 9.69 Å². The number of hydrogen-bond donors (Lipinski definition) is 1. The number of aliphatic hydroxyl groups is 1. The number of likely N-dealkylation sites (N-methyl/N-ethyl adjacent to an activating group) is 1. The standard InChI is InChI=1S/C15H27NO3/c1-12-5-7-13(8-6-12)15(2,3)19-14(18)11-16(4)9-10-17/h5,13,17H,6-11H2,1-4H3. The molecule has 1 rings (SSSR count). The molecule has 4 nitrogen and oxygen atoms in total. The van der Waals surface area contributed by atoms with Crippen LogP contribution >= 0.6 is 0 Å². The van der Waals surface area contributed by atoms with Crippen molar-refractivity contribution in [3.63, 3.8) is 0 Å². The third-order valence-electron chi connectivity index (χ3n) is 3.88. The Bertz CT molecular complexity index is 336. The van der Waals surface area contributed by atoms with Gasteiger partial charge in [-0.05, 0) is 47.1 Å². The van der Waals surface area contributed by atoms with Crippen LogP contribution in [0.5, 0.6) is 0 Å². The van der Waals surface area contributed by atoms with Crippen molar-refractivity contribution in [2.45, 2.75) is 45.6 Å². The first kappa shape index (κ1) is 16.2. The number of nitrogens with zero attached hydrogens (tertiary/aromatic N) is 1. The number of ether oxygens (including phenoxy) is 1. The molecule has 1 atom stereocenters. The van der Waals surface area contributed by atoms with Gasteiger partial charge in [-0.15, -0.1) is 0 Å². The van der Waals surface area contributed by atoms with E-state index in [-0.39, 0.29) is 19.1 Å². The quantitative estimate of drug-likeness (QED) is 0.592. The number of rotatable bonds is 6. The van der Waals surface area contributed by atoms with Crippen molar-refractivity contribution < 1.29 is 14.6 Å². The molecule has 0 bridgehead atoms. The van der Waals surface area contributed by atoms with Gasteiger partial charge in [0.25, 0.3) is 0 Å². The van der Waals surface area contributed by atoms with Gasteiger partial charge in [-0.2, -0.15) is 0 Å². The Labute approximate surface area is 116 Å². The van der Waals surface area contributed by atoms with E-state index in [1.165, 1.54) is 5.57 Å². The van der Waals surface area contributed by atoms with Crippen LogP contribution in [0.2, 0.25) is 0 Å². The van der Waals surface area contributed by atoms with Crippen LogP contribution in [-0.2, 0) is 9.53 Å². The zero-order valence-electron chi connectivity index (χ0n) is 12.6. The maximum absolute atomic E-state index is 11.9. The van der Waals surface area contributed by atoms with Crippen molar-refractivity contribution in [2.24, 2.45) is 5.92 Å². The monoisotopic (exact) mass is 269 g/mol. The molecule has 0 radical (unpaired) electrons. The molecular weight excluding hydrogens is 242 g/mol. The minimum atomic E-state index is -0.422. The second-order valence-corrected chi connectivity index (χ2v) is 6.06. The number of allylic oxidation sites excluding steroid dienone is 2. The fourth-order valence-electron chi connectivity index (χ4n) is 2.48. The summed E-state index contributed by atoms with van der Waals surface area (Å²) in [7, 11) is 1.80. The molecule has 110 valence electrons. The normalized spacial score (nSPS) is 20.3. The second kappa shape index (κ2) is 7.06. The Balaban J connectivity index is 2.47. The molecule has 19 heavy (non-hydrogen) atoms. The van der Waals surface area contributed by atoms with E-state index in [0.717, 1.165) is 19.3 Å². The Hall–Kier alpha value is -0.870. The molecular formula is C15H27NO3. The van der Waals surface area contributed by atoms with Gasteiger partial charge in [0.2, 0.25) is 0 Å². The van der Waals surface area contributed by atoms with Crippen molar-refractivity contribution in [3.05, 3.63) is 11.6 Å². The highest BCUT2D eigenvalue weighted by molar-refractivity contribution is 5.72. The molecule has 0 aliphatic heterocycles. The van der Waals surface area contributed by atoms with Gasteiger partial charge in [-0.1, -0.05) is 11.6 Å². The van der Waals surface area contributed by atoms with E-state index in [9.17, 15) is 4.79 Å². The van der Waals surface area contributed by atoms with E-state index in [0.29, 0.717) is 12.5 Å². The van der Waals surface area contributed by atoms with E-state index in [1.807, 2.05) is 13.8 Å². The molecule has 0 aromatic rings. The fourth-order valence-corrected chi connectivity index (χ4v) is 2.48. The summed E-state index contributed by atoms with van der Waals surface area (Å²) in [5, 5.41) is 8.81. The molecule has 0 saturated carbocycles. The SMILES string of the molecule is CC1=CCC(C(C)(C)OC(=O)CN(C)CCO)CC1. The summed E-state index contributed by atoms with van der Waals surface area (Å²) in [5.41, 5.74) is 1.01. The zero-order chi connectivity index (χ0) is 14.5. The van der Waals surface area contributed by atoms with Gasteiger partial charge in [0.05, 0.1) is 13.2 Å². The van der Waals surface area contributed by atoms with Crippen molar-refractivity contribution in [1.82, 2.24) is 4.90 Å². The molecule has 0 heterocycles. The van der Waals surface area contributed by atoms with E-state index < -0.39 is 5.60 Å². The van der Waals surface area contributed by atoms with Gasteiger partial charge in [0, 0.05) is 12.5 Å². The predicted molar refractivity (Wildman–Crippen MR) is 75.9 cm³/mol. The minimum Gasteiger partial charge on any atom is -0.458 e. The van der Waals surface area contributed by atoms with Gasteiger partial charge in [0.1, 0.15) is 5.60 Å². The van der Waals surface area contributed by atoms with Crippen LogP contribution in [0, 0.1) is 5.92 Å². The van der Waals surface area contributed by atoms with Gasteiger partial charge >= 0.3 is 5.97 Å². The van der Waals surface area contributed by atoms with Crippen molar-refractivity contribution in [2.75, 3.05) is 26.7 Å². The van der Waals surface area contributed by atoms with Crippen LogP contribution in [-0.4, -0.2) is 48.3 Å². The first-order valence-corrected chi connectivity index (χ1v) is 7.02. The van der Waals surface area contributed by atoms with Crippen LogP contribution in [0.4, 0.5) is 0 Å². The molecule has 0 spiro atoms. The van der Waals surface area contributed by atoms with Crippen molar-refractivity contribution in [3.8, 4) is 0 Å². The third-order valence-corrected chi connectivity index (χ3v) is 3.88. The number of carbonyl (C=O) groups excluding carboxylic acids is 1. The highest BCUT2D eigenvalue weighted by atomic mass is 16.6. The number of hydrogen-bond acceptors (Lipinski definition) is 4. The minimum absolute atomic E-state index is 0.0554. The summed E-state index contributed by atoms with van der Waals surface area (Å²) in [6.07, 6.45) is 5.41. The van der Waals surface area contributed by atoms with Crippen LogP contribution in [0.3, 0.4) is 0 Å². The summed E-state index contributed by atoms with van der Waals surface area (Å²) in [6, 6.07) is 0. The first-order valence-electron chi connectivity index (χ1n) is 7.02. The number of esters is 1. The van der Waals surface area contributed by atoms with Gasteiger partial charge in [-0.25, -0.2) is 0 Å². The zero-order valence-corrected chi connectivity index (χ0v) is 12.6. The van der Waals surface area contributed by atoms with E-state index in [4.69, 9.17) is 9.84 Å². The molecule has 0 fully saturated rings. The second-order valence-electron chi connectivity index (χ2n) is 6.06. The van der Waals surface area contributed by atoms with E-state index in [2.05, 4.69) is 13.0 Å². The molecule has 1 N–H and O–H groups in total. The molecule has 1 aliphatic carbocycles. The topological polar surface area (TPSA) is 49.8 Å². The fraction of sp³-hybridized carbons (Fsp3) is 0.800. The molecule has 1 aliphatic rings. The Morgan fingerprint density at radius 3 is 2.79 bits per heavy atom. The summed E-state index contributed by atoms with van der Waals surface area (Å²) < 4.78 is 5.64. The lowest BCUT2D eigenvalue weighted by Crippen LogP contribution is -2.40. The largest absolute Gasteiger partial charge is 0.458 e. The molecule has 1 unspecified atom stereocenters. The summed E-state index contributed by atoms with van der Waals surface area (Å²) in [4.78, 5) is 13.7. The molecule has 0 aromatic carbocycles. The lowest BCUT2D eigenvalue weighted by molar-refractivity contribution is -0.163. The average molecular weight is 269 g/mol. The van der Waals surface area contributed by atoms with Crippen LogP contribution in [0.15, 0.2) is 11.6 Å². The molecule has 0 aromatic heterocycles. The lowest BCUT2D eigenvalue weighted by Gasteiger charge is -2.36.